The van der Waals surface area contributed by atoms with Gasteiger partial charge in [0, 0.05) is 19.8 Å². The normalized spacial score (nSPS) is 10.5. The Hall–Kier alpha value is -0.620. The van der Waals surface area contributed by atoms with Crippen LogP contribution in [0.2, 0.25) is 0 Å². The van der Waals surface area contributed by atoms with Gasteiger partial charge in [-0.2, -0.15) is 8.78 Å². The van der Waals surface area contributed by atoms with E-state index >= 15 is 0 Å². The molecule has 0 saturated heterocycles. The molecule has 0 fully saturated rings. The first-order valence-corrected chi connectivity index (χ1v) is 3.53. The van der Waals surface area contributed by atoms with Crippen molar-refractivity contribution >= 4 is 0 Å². The summed E-state index contributed by atoms with van der Waals surface area (Å²) in [5, 5.41) is 0. The number of hydrogen-bond donors (Lipinski definition) is 0. The molecule has 0 aromatic carbocycles. The zero-order valence-corrected chi connectivity index (χ0v) is 6.79. The molecule has 0 rings (SSSR count). The quantitative estimate of drug-likeness (QED) is 0.457. The molecule has 0 aromatic heterocycles. The fourth-order valence-electron chi connectivity index (χ4n) is 0.495. The fourth-order valence-corrected chi connectivity index (χ4v) is 0.495. The minimum atomic E-state index is -3.02. The van der Waals surface area contributed by atoms with E-state index in [1.165, 1.54) is 0 Å². The molecule has 0 N–H and O–H groups in total. The third-order valence-corrected chi connectivity index (χ3v) is 0.884. The second-order valence-corrected chi connectivity index (χ2v) is 2.11. The highest BCUT2D eigenvalue weighted by Crippen LogP contribution is 2.12. The van der Waals surface area contributed by atoms with Crippen molar-refractivity contribution in [2.24, 2.45) is 0 Å². The van der Waals surface area contributed by atoms with Crippen LogP contribution in [0.15, 0.2) is 0 Å². The van der Waals surface area contributed by atoms with E-state index in [1.807, 2.05) is 6.92 Å². The van der Waals surface area contributed by atoms with E-state index in [0.717, 1.165) is 13.3 Å². The molecule has 0 spiro atoms. The van der Waals surface area contributed by atoms with Crippen LogP contribution < -0.4 is 0 Å². The van der Waals surface area contributed by atoms with Crippen LogP contribution in [0.5, 0.6) is 0 Å². The Morgan fingerprint density at radius 2 is 2.00 bits per heavy atom. The fraction of sp³-hybridized carbons (Fsp3) is 0.750. The summed E-state index contributed by atoms with van der Waals surface area (Å²) in [6, 6.07) is 0. The van der Waals surface area contributed by atoms with Gasteiger partial charge in [-0.15, -0.1) is 11.8 Å². The van der Waals surface area contributed by atoms with Crippen LogP contribution in [0.3, 0.4) is 0 Å². The van der Waals surface area contributed by atoms with E-state index in [1.54, 1.807) is 0 Å². The Morgan fingerprint density at radius 1 is 1.36 bits per heavy atom. The maximum absolute atomic E-state index is 12.0. The largest absolute Gasteiger partial charge is 0.352 e. The summed E-state index contributed by atoms with van der Waals surface area (Å²) in [5.41, 5.74) is 0. The van der Waals surface area contributed by atoms with Crippen molar-refractivity contribution in [1.29, 1.82) is 0 Å². The van der Waals surface area contributed by atoms with Crippen LogP contribution in [-0.4, -0.2) is 12.7 Å². The van der Waals surface area contributed by atoms with E-state index in [9.17, 15) is 8.78 Å². The first-order valence-electron chi connectivity index (χ1n) is 3.53. The predicted molar refractivity (Wildman–Crippen MR) is 39.3 cm³/mol. The summed E-state index contributed by atoms with van der Waals surface area (Å²) < 4.78 is 28.1. The zero-order chi connectivity index (χ0) is 8.74. The molecule has 0 bridgehead atoms. The van der Waals surface area contributed by atoms with Gasteiger partial charge in [0.2, 0.25) is 0 Å². The van der Waals surface area contributed by atoms with Crippen molar-refractivity contribution in [3.63, 3.8) is 0 Å². The highest BCUT2D eigenvalue weighted by atomic mass is 19.3. The van der Waals surface area contributed by atoms with E-state index < -0.39 is 6.11 Å². The van der Waals surface area contributed by atoms with Gasteiger partial charge in [0.1, 0.15) is 0 Å². The third kappa shape index (κ3) is 9.38. The lowest BCUT2D eigenvalue weighted by atomic mass is 10.4. The van der Waals surface area contributed by atoms with Crippen molar-refractivity contribution in [3.05, 3.63) is 0 Å². The molecule has 0 aliphatic carbocycles. The Labute approximate surface area is 65.7 Å². The minimum Gasteiger partial charge on any atom is -0.320 e. The maximum Gasteiger partial charge on any atom is 0.352 e. The maximum atomic E-state index is 12.0. The molecule has 0 aliphatic rings. The van der Waals surface area contributed by atoms with Crippen molar-refractivity contribution in [1.82, 2.24) is 0 Å². The highest BCUT2D eigenvalue weighted by Gasteiger charge is 2.20. The summed E-state index contributed by atoms with van der Waals surface area (Å²) in [6.07, 6.45) is -1.90. The average Bonchev–Trinajstić information content (AvgIpc) is 1.85. The van der Waals surface area contributed by atoms with Crippen molar-refractivity contribution < 1.29 is 13.5 Å². The first-order chi connectivity index (χ1) is 5.06. The molecule has 0 aromatic rings. The smallest absolute Gasteiger partial charge is 0.320 e. The molecule has 0 saturated carbocycles. The van der Waals surface area contributed by atoms with Crippen LogP contribution in [0, 0.1) is 11.8 Å². The summed E-state index contributed by atoms with van der Waals surface area (Å²) in [6.45, 7) is 2.62. The standard InChI is InChI=1S/C8H12F2O/c1-3-4-5-6-7-11-8(2,9)10/h3,6-7H2,1-2H3. The molecule has 0 atom stereocenters. The van der Waals surface area contributed by atoms with Gasteiger partial charge in [-0.3, -0.25) is 0 Å². The number of ether oxygens (including phenoxy) is 1. The predicted octanol–water partition coefficient (Wildman–Crippen LogP) is 2.42. The van der Waals surface area contributed by atoms with Gasteiger partial charge in [0.15, 0.2) is 0 Å². The molecule has 0 radical (unpaired) electrons. The second-order valence-electron chi connectivity index (χ2n) is 2.11. The Bertz CT molecular complexity index is 150. The van der Waals surface area contributed by atoms with E-state index in [4.69, 9.17) is 0 Å². The van der Waals surface area contributed by atoms with E-state index in [-0.39, 0.29) is 6.61 Å². The van der Waals surface area contributed by atoms with Gasteiger partial charge in [0.25, 0.3) is 0 Å². The lowest BCUT2D eigenvalue weighted by Gasteiger charge is -2.08. The monoisotopic (exact) mass is 162 g/mol. The Morgan fingerprint density at radius 3 is 2.45 bits per heavy atom. The average molecular weight is 162 g/mol. The summed E-state index contributed by atoms with van der Waals surface area (Å²) >= 11 is 0. The molecule has 11 heavy (non-hydrogen) atoms. The molecule has 0 unspecified atom stereocenters. The molecule has 64 valence electrons. The molecule has 0 aliphatic heterocycles. The summed E-state index contributed by atoms with van der Waals surface area (Å²) in [4.78, 5) is 0. The molecule has 1 nitrogen and oxygen atoms in total. The molecular formula is C8H12F2O. The van der Waals surface area contributed by atoms with Gasteiger partial charge >= 0.3 is 6.11 Å². The van der Waals surface area contributed by atoms with Gasteiger partial charge in [0.05, 0.1) is 6.61 Å². The summed E-state index contributed by atoms with van der Waals surface area (Å²) in [7, 11) is 0. The Kier molecular flexibility index (Phi) is 4.80. The zero-order valence-electron chi connectivity index (χ0n) is 6.79. The number of alkyl halides is 2. The molecule has 3 heteroatoms. The Balaban J connectivity index is 3.28. The van der Waals surface area contributed by atoms with Gasteiger partial charge in [-0.1, -0.05) is 6.92 Å². The minimum absolute atomic E-state index is 0.00347. The molecule has 0 heterocycles. The molecular weight excluding hydrogens is 150 g/mol. The second kappa shape index (κ2) is 5.09. The topological polar surface area (TPSA) is 9.23 Å². The van der Waals surface area contributed by atoms with Gasteiger partial charge in [-0.05, 0) is 0 Å². The van der Waals surface area contributed by atoms with Gasteiger partial charge < -0.3 is 4.74 Å². The van der Waals surface area contributed by atoms with Crippen LogP contribution in [0.4, 0.5) is 8.78 Å². The van der Waals surface area contributed by atoms with E-state index in [0.29, 0.717) is 6.42 Å². The third-order valence-electron chi connectivity index (χ3n) is 0.884. The summed E-state index contributed by atoms with van der Waals surface area (Å²) in [5.74, 6) is 5.46. The lowest BCUT2D eigenvalue weighted by Crippen LogP contribution is -2.15. The first kappa shape index (κ1) is 10.4. The number of halogens is 2. The lowest BCUT2D eigenvalue weighted by molar-refractivity contribution is -0.222. The van der Waals surface area contributed by atoms with E-state index in [2.05, 4.69) is 16.6 Å². The van der Waals surface area contributed by atoms with Gasteiger partial charge in [-0.25, -0.2) is 0 Å². The van der Waals surface area contributed by atoms with Crippen LogP contribution >= 0.6 is 0 Å². The number of rotatable bonds is 3. The molecule has 0 amide bonds. The van der Waals surface area contributed by atoms with Crippen molar-refractivity contribution in [3.8, 4) is 11.8 Å². The SMILES string of the molecule is CCC#CCCOC(C)(F)F. The van der Waals surface area contributed by atoms with Crippen LogP contribution in [0.1, 0.15) is 26.7 Å². The highest BCUT2D eigenvalue weighted by molar-refractivity contribution is 4.97. The van der Waals surface area contributed by atoms with Crippen molar-refractivity contribution in [2.45, 2.75) is 32.8 Å². The van der Waals surface area contributed by atoms with Crippen LogP contribution in [0.25, 0.3) is 0 Å². The number of hydrogen-bond acceptors (Lipinski definition) is 1. The van der Waals surface area contributed by atoms with Crippen LogP contribution in [-0.2, 0) is 4.74 Å². The van der Waals surface area contributed by atoms with Crippen molar-refractivity contribution in [2.75, 3.05) is 6.61 Å².